The summed E-state index contributed by atoms with van der Waals surface area (Å²) in [4.78, 5) is 15.0. The molecule has 1 amide bonds. The van der Waals surface area contributed by atoms with E-state index in [4.69, 9.17) is 0 Å². The fourth-order valence-electron chi connectivity index (χ4n) is 3.33. The Morgan fingerprint density at radius 2 is 1.95 bits per heavy atom. The fourth-order valence-corrected chi connectivity index (χ4v) is 3.33. The third-order valence-corrected chi connectivity index (χ3v) is 4.20. The van der Waals surface area contributed by atoms with Crippen LogP contribution >= 0.6 is 0 Å². The number of rotatable bonds is 3. The van der Waals surface area contributed by atoms with Crippen molar-refractivity contribution in [2.45, 2.75) is 46.6 Å². The summed E-state index contributed by atoms with van der Waals surface area (Å²) in [5, 5.41) is 3.40. The minimum absolute atomic E-state index is 0.191. The summed E-state index contributed by atoms with van der Waals surface area (Å²) in [5.74, 6) is 0.191. The Hall–Kier alpha value is -1.35. The van der Waals surface area contributed by atoms with E-state index in [-0.39, 0.29) is 5.91 Å². The van der Waals surface area contributed by atoms with Crippen LogP contribution < -0.4 is 5.32 Å². The first-order valence-corrected chi connectivity index (χ1v) is 7.64. The van der Waals surface area contributed by atoms with Gasteiger partial charge in [0.1, 0.15) is 0 Å². The Balaban J connectivity index is 2.28. The molecule has 110 valence electrons. The van der Waals surface area contributed by atoms with E-state index in [0.29, 0.717) is 6.04 Å². The molecule has 1 N–H and O–H groups in total. The van der Waals surface area contributed by atoms with Crippen molar-refractivity contribution >= 4 is 5.91 Å². The number of benzene rings is 1. The quantitative estimate of drug-likeness (QED) is 0.919. The number of carbonyl (C=O) groups excluding carboxylic acids is 1. The molecule has 1 aromatic carbocycles. The Labute approximate surface area is 122 Å². The third-order valence-electron chi connectivity index (χ3n) is 4.20. The molecule has 1 unspecified atom stereocenters. The zero-order chi connectivity index (χ0) is 14.7. The van der Waals surface area contributed by atoms with Crippen molar-refractivity contribution in [2.75, 3.05) is 19.6 Å². The maximum absolute atomic E-state index is 12.9. The summed E-state index contributed by atoms with van der Waals surface area (Å²) in [6, 6.07) is 4.54. The summed E-state index contributed by atoms with van der Waals surface area (Å²) in [5.41, 5.74) is 4.30. The van der Waals surface area contributed by atoms with Crippen LogP contribution in [-0.2, 0) is 0 Å². The molecule has 0 aliphatic carbocycles. The van der Waals surface area contributed by atoms with Crippen LogP contribution in [0.3, 0.4) is 0 Å². The number of piperidine rings is 1. The maximum Gasteiger partial charge on any atom is 0.254 e. The molecular weight excluding hydrogens is 248 g/mol. The second kappa shape index (κ2) is 6.40. The molecule has 1 atom stereocenters. The van der Waals surface area contributed by atoms with E-state index in [1.807, 2.05) is 18.7 Å². The molecule has 1 heterocycles. The highest BCUT2D eigenvalue weighted by Crippen LogP contribution is 2.21. The van der Waals surface area contributed by atoms with Gasteiger partial charge in [-0.1, -0.05) is 17.7 Å². The zero-order valence-corrected chi connectivity index (χ0v) is 13.1. The summed E-state index contributed by atoms with van der Waals surface area (Å²) in [6.45, 7) is 11.0. The van der Waals surface area contributed by atoms with Crippen molar-refractivity contribution in [3.8, 4) is 0 Å². The van der Waals surface area contributed by atoms with Crippen molar-refractivity contribution in [3.63, 3.8) is 0 Å². The monoisotopic (exact) mass is 274 g/mol. The number of nitrogens with zero attached hydrogens (tertiary/aromatic N) is 1. The lowest BCUT2D eigenvalue weighted by molar-refractivity contribution is 0.0660. The molecule has 1 aromatic rings. The molecule has 0 bridgehead atoms. The Kier molecular flexibility index (Phi) is 4.81. The van der Waals surface area contributed by atoms with Gasteiger partial charge >= 0.3 is 0 Å². The van der Waals surface area contributed by atoms with Gasteiger partial charge in [0.15, 0.2) is 0 Å². The van der Waals surface area contributed by atoms with Crippen molar-refractivity contribution < 1.29 is 4.79 Å². The van der Waals surface area contributed by atoms with Gasteiger partial charge in [-0.3, -0.25) is 4.79 Å². The molecule has 0 aromatic heterocycles. The van der Waals surface area contributed by atoms with Gasteiger partial charge in [0.25, 0.3) is 5.91 Å². The van der Waals surface area contributed by atoms with Gasteiger partial charge in [0.2, 0.25) is 0 Å². The normalized spacial score (nSPS) is 18.9. The number of hydrogen-bond acceptors (Lipinski definition) is 2. The number of likely N-dealkylation sites (N-methyl/N-ethyl adjacent to an activating group) is 1. The summed E-state index contributed by atoms with van der Waals surface area (Å²) in [6.07, 6.45) is 2.26. The van der Waals surface area contributed by atoms with Gasteiger partial charge in [-0.05, 0) is 58.2 Å². The van der Waals surface area contributed by atoms with Gasteiger partial charge in [-0.2, -0.15) is 0 Å². The van der Waals surface area contributed by atoms with Crippen molar-refractivity contribution in [3.05, 3.63) is 34.4 Å². The summed E-state index contributed by atoms with van der Waals surface area (Å²) in [7, 11) is 0. The maximum atomic E-state index is 12.9. The highest BCUT2D eigenvalue weighted by Gasteiger charge is 2.26. The minimum Gasteiger partial charge on any atom is -0.335 e. The van der Waals surface area contributed by atoms with Gasteiger partial charge in [0.05, 0.1) is 0 Å². The predicted octanol–water partition coefficient (Wildman–Crippen LogP) is 2.83. The molecule has 2 rings (SSSR count). The molecule has 1 saturated heterocycles. The van der Waals surface area contributed by atoms with E-state index in [1.54, 1.807) is 0 Å². The number of carbonyl (C=O) groups is 1. The zero-order valence-electron chi connectivity index (χ0n) is 13.1. The van der Waals surface area contributed by atoms with Crippen LogP contribution in [-0.4, -0.2) is 36.5 Å². The molecule has 3 nitrogen and oxygen atoms in total. The molecule has 0 radical (unpaired) electrons. The van der Waals surface area contributed by atoms with Gasteiger partial charge < -0.3 is 10.2 Å². The van der Waals surface area contributed by atoms with Crippen LogP contribution in [0.4, 0.5) is 0 Å². The molecule has 3 heteroatoms. The molecule has 1 aliphatic heterocycles. The summed E-state index contributed by atoms with van der Waals surface area (Å²) >= 11 is 0. The van der Waals surface area contributed by atoms with Crippen molar-refractivity contribution in [2.24, 2.45) is 0 Å². The largest absolute Gasteiger partial charge is 0.335 e. The Bertz CT molecular complexity index is 467. The summed E-state index contributed by atoms with van der Waals surface area (Å²) < 4.78 is 0. The van der Waals surface area contributed by atoms with Crippen molar-refractivity contribution in [1.29, 1.82) is 0 Å². The standard InChI is InChI=1S/C17H26N2O/c1-5-19(15-7-6-8-18-11-15)17(20)16-13(3)9-12(2)10-14(16)4/h9-10,15,18H,5-8,11H2,1-4H3. The average Bonchev–Trinajstić information content (AvgIpc) is 2.39. The van der Waals surface area contributed by atoms with E-state index in [2.05, 4.69) is 31.3 Å². The molecule has 0 spiro atoms. The molecule has 20 heavy (non-hydrogen) atoms. The van der Waals surface area contributed by atoms with Crippen LogP contribution in [0.1, 0.15) is 46.8 Å². The molecule has 0 saturated carbocycles. The first-order chi connectivity index (χ1) is 9.54. The van der Waals surface area contributed by atoms with Crippen LogP contribution in [0, 0.1) is 20.8 Å². The molecule has 1 fully saturated rings. The fraction of sp³-hybridized carbons (Fsp3) is 0.588. The smallest absolute Gasteiger partial charge is 0.254 e. The van der Waals surface area contributed by atoms with Gasteiger partial charge in [0, 0.05) is 24.7 Å². The first-order valence-electron chi connectivity index (χ1n) is 7.64. The molecular formula is C17H26N2O. The van der Waals surface area contributed by atoms with Crippen LogP contribution in [0.5, 0.6) is 0 Å². The predicted molar refractivity (Wildman–Crippen MR) is 83.3 cm³/mol. The Morgan fingerprint density at radius 1 is 1.30 bits per heavy atom. The second-order valence-corrected chi connectivity index (χ2v) is 5.87. The van der Waals surface area contributed by atoms with Crippen molar-refractivity contribution in [1.82, 2.24) is 10.2 Å². The Morgan fingerprint density at radius 3 is 2.45 bits per heavy atom. The second-order valence-electron chi connectivity index (χ2n) is 5.87. The van der Waals surface area contributed by atoms with Crippen LogP contribution in [0.2, 0.25) is 0 Å². The highest BCUT2D eigenvalue weighted by molar-refractivity contribution is 5.97. The van der Waals surface area contributed by atoms with E-state index >= 15 is 0 Å². The molecule has 1 aliphatic rings. The van der Waals surface area contributed by atoms with Crippen LogP contribution in [0.25, 0.3) is 0 Å². The SMILES string of the molecule is CCN(C(=O)c1c(C)cc(C)cc1C)C1CCCNC1. The van der Waals surface area contributed by atoms with E-state index in [9.17, 15) is 4.79 Å². The lowest BCUT2D eigenvalue weighted by Gasteiger charge is -2.34. The number of aryl methyl sites for hydroxylation is 3. The van der Waals surface area contributed by atoms with E-state index < -0.39 is 0 Å². The van der Waals surface area contributed by atoms with E-state index in [1.165, 1.54) is 5.56 Å². The number of amides is 1. The third kappa shape index (κ3) is 3.04. The lowest BCUT2D eigenvalue weighted by atomic mass is 9.97. The lowest BCUT2D eigenvalue weighted by Crippen LogP contribution is -2.48. The minimum atomic E-state index is 0.191. The highest BCUT2D eigenvalue weighted by atomic mass is 16.2. The van der Waals surface area contributed by atoms with Gasteiger partial charge in [-0.15, -0.1) is 0 Å². The average molecular weight is 274 g/mol. The first kappa shape index (κ1) is 15.0. The topological polar surface area (TPSA) is 32.3 Å². The van der Waals surface area contributed by atoms with Crippen LogP contribution in [0.15, 0.2) is 12.1 Å². The van der Waals surface area contributed by atoms with E-state index in [0.717, 1.165) is 49.2 Å². The number of hydrogen-bond donors (Lipinski definition) is 1. The van der Waals surface area contributed by atoms with Gasteiger partial charge in [-0.25, -0.2) is 0 Å². The number of nitrogens with one attached hydrogen (secondary N) is 1.